The van der Waals surface area contributed by atoms with Crippen LogP contribution in [0.4, 0.5) is 0 Å². The number of amidine groups is 1. The van der Waals surface area contributed by atoms with Crippen LogP contribution in [0.2, 0.25) is 0 Å². The topological polar surface area (TPSA) is 121 Å². The first-order chi connectivity index (χ1) is 12.5. The molecule has 1 aliphatic heterocycles. The van der Waals surface area contributed by atoms with Crippen molar-refractivity contribution in [3.8, 4) is 11.5 Å². The lowest BCUT2D eigenvalue weighted by Gasteiger charge is -2.06. The molecular formula is C17H15N3O5S. The number of carboxylic acid groups (broad SMARTS) is 1. The fourth-order valence-electron chi connectivity index (χ4n) is 2.46. The molecule has 1 amide bonds. The summed E-state index contributed by atoms with van der Waals surface area (Å²) >= 11 is 1.01. The van der Waals surface area contributed by atoms with E-state index in [0.29, 0.717) is 11.3 Å². The number of phenols is 1. The van der Waals surface area contributed by atoms with Crippen LogP contribution in [0.5, 0.6) is 11.5 Å². The van der Waals surface area contributed by atoms with E-state index < -0.39 is 17.1 Å². The van der Waals surface area contributed by atoms with Crippen molar-refractivity contribution < 1.29 is 24.5 Å². The molecule has 1 atom stereocenters. The highest BCUT2D eigenvalue weighted by Gasteiger charge is 2.32. The number of hydrogen-bond acceptors (Lipinski definition) is 7. The van der Waals surface area contributed by atoms with Crippen LogP contribution in [0.1, 0.15) is 12.0 Å². The number of thioether (sulfide) groups is 1. The van der Waals surface area contributed by atoms with Gasteiger partial charge in [-0.25, -0.2) is 0 Å². The number of aliphatic carboxylic acids is 1. The Labute approximate surface area is 152 Å². The van der Waals surface area contributed by atoms with Crippen LogP contribution in [0, 0.1) is 0 Å². The summed E-state index contributed by atoms with van der Waals surface area (Å²) < 4.78 is 5.21. The van der Waals surface area contributed by atoms with Gasteiger partial charge >= 0.3 is 5.97 Å². The van der Waals surface area contributed by atoms with Gasteiger partial charge in [-0.2, -0.15) is 5.10 Å². The molecule has 0 saturated carbocycles. The van der Waals surface area contributed by atoms with Gasteiger partial charge in [0.05, 0.1) is 19.7 Å². The molecule has 134 valence electrons. The second-order valence-corrected chi connectivity index (χ2v) is 6.62. The van der Waals surface area contributed by atoms with E-state index in [0.717, 1.165) is 22.5 Å². The SMILES string of the molecule is COc1ccc2ccc(O)c(C=NN=C3NC(=O)C(CC(=O)O)S3)c2c1. The lowest BCUT2D eigenvalue weighted by molar-refractivity contribution is -0.138. The zero-order chi connectivity index (χ0) is 18.7. The highest BCUT2D eigenvalue weighted by molar-refractivity contribution is 8.15. The van der Waals surface area contributed by atoms with Gasteiger partial charge in [-0.15, -0.1) is 5.10 Å². The Hall–Kier alpha value is -3.07. The largest absolute Gasteiger partial charge is 0.507 e. The number of carbonyl (C=O) groups excluding carboxylic acids is 1. The molecule has 1 unspecified atom stereocenters. The van der Waals surface area contributed by atoms with Crippen LogP contribution in [0.25, 0.3) is 10.8 Å². The number of carbonyl (C=O) groups is 2. The van der Waals surface area contributed by atoms with Gasteiger partial charge in [0.25, 0.3) is 0 Å². The number of amides is 1. The summed E-state index contributed by atoms with van der Waals surface area (Å²) in [5.74, 6) is -0.804. The maximum Gasteiger partial charge on any atom is 0.305 e. The van der Waals surface area contributed by atoms with E-state index in [2.05, 4.69) is 15.5 Å². The fourth-order valence-corrected chi connectivity index (χ4v) is 3.37. The molecule has 2 aromatic rings. The summed E-state index contributed by atoms with van der Waals surface area (Å²) in [5, 5.41) is 30.3. The summed E-state index contributed by atoms with van der Waals surface area (Å²) in [4.78, 5) is 22.4. The minimum absolute atomic E-state index is 0.0292. The van der Waals surface area contributed by atoms with E-state index in [1.807, 2.05) is 12.1 Å². The first-order valence-electron chi connectivity index (χ1n) is 7.58. The molecule has 3 N–H and O–H groups in total. The molecule has 0 aromatic heterocycles. The Bertz CT molecular complexity index is 941. The van der Waals surface area contributed by atoms with Crippen molar-refractivity contribution in [2.24, 2.45) is 10.2 Å². The third-order valence-corrected chi connectivity index (χ3v) is 4.79. The standard InChI is InChI=1S/C17H15N3O5S/c1-25-10-4-2-9-3-5-13(21)12(11(9)6-10)8-18-20-17-19-16(24)14(26-17)7-15(22)23/h2-6,8,14,21H,7H2,1H3,(H,22,23)(H,19,20,24). The predicted octanol–water partition coefficient (Wildman–Crippen LogP) is 1.95. The minimum atomic E-state index is -1.06. The van der Waals surface area contributed by atoms with Crippen LogP contribution in [-0.4, -0.2) is 45.8 Å². The third-order valence-electron chi connectivity index (χ3n) is 3.72. The molecule has 3 rings (SSSR count). The number of ether oxygens (including phenoxy) is 1. The first kappa shape index (κ1) is 17.7. The lowest BCUT2D eigenvalue weighted by Crippen LogP contribution is -2.26. The van der Waals surface area contributed by atoms with E-state index in [1.165, 1.54) is 6.21 Å². The van der Waals surface area contributed by atoms with Crippen molar-refractivity contribution in [2.75, 3.05) is 7.11 Å². The Kier molecular flexibility index (Phi) is 5.08. The maximum atomic E-state index is 11.7. The third kappa shape index (κ3) is 3.77. The van der Waals surface area contributed by atoms with Crippen molar-refractivity contribution in [2.45, 2.75) is 11.7 Å². The maximum absolute atomic E-state index is 11.7. The van der Waals surface area contributed by atoms with Crippen LogP contribution in [0.15, 0.2) is 40.5 Å². The van der Waals surface area contributed by atoms with Crippen molar-refractivity contribution in [1.29, 1.82) is 0 Å². The molecule has 0 aliphatic carbocycles. The summed E-state index contributed by atoms with van der Waals surface area (Å²) in [6, 6.07) is 8.78. The van der Waals surface area contributed by atoms with Crippen molar-refractivity contribution in [3.63, 3.8) is 0 Å². The highest BCUT2D eigenvalue weighted by Crippen LogP contribution is 2.29. The molecule has 1 saturated heterocycles. The molecule has 0 spiro atoms. The Morgan fingerprint density at radius 3 is 2.88 bits per heavy atom. The Morgan fingerprint density at radius 2 is 2.15 bits per heavy atom. The fraction of sp³-hybridized carbons (Fsp3) is 0.176. The second kappa shape index (κ2) is 7.44. The number of carboxylic acids is 1. The number of nitrogens with zero attached hydrogens (tertiary/aromatic N) is 2. The quantitative estimate of drug-likeness (QED) is 0.544. The van der Waals surface area contributed by atoms with Gasteiger partial charge in [0.15, 0.2) is 5.17 Å². The smallest absolute Gasteiger partial charge is 0.305 e. The van der Waals surface area contributed by atoms with Crippen LogP contribution in [0.3, 0.4) is 0 Å². The Morgan fingerprint density at radius 1 is 1.38 bits per heavy atom. The number of methoxy groups -OCH3 is 1. The number of fused-ring (bicyclic) bond motifs is 1. The molecular weight excluding hydrogens is 358 g/mol. The normalized spacial score (nSPS) is 18.6. The monoisotopic (exact) mass is 373 g/mol. The van der Waals surface area contributed by atoms with E-state index in [1.54, 1.807) is 25.3 Å². The number of benzene rings is 2. The molecule has 0 bridgehead atoms. The van der Waals surface area contributed by atoms with Gasteiger partial charge < -0.3 is 20.3 Å². The molecule has 8 nitrogen and oxygen atoms in total. The van der Waals surface area contributed by atoms with E-state index in [4.69, 9.17) is 9.84 Å². The van der Waals surface area contributed by atoms with Crippen molar-refractivity contribution in [3.05, 3.63) is 35.9 Å². The molecule has 1 heterocycles. The average molecular weight is 373 g/mol. The van der Waals surface area contributed by atoms with E-state index in [-0.39, 0.29) is 17.3 Å². The summed E-state index contributed by atoms with van der Waals surface area (Å²) in [6.07, 6.45) is 1.09. The lowest BCUT2D eigenvalue weighted by atomic mass is 10.0. The molecule has 1 fully saturated rings. The molecule has 9 heteroatoms. The molecule has 0 radical (unpaired) electrons. The van der Waals surface area contributed by atoms with Gasteiger partial charge in [-0.1, -0.05) is 23.9 Å². The zero-order valence-corrected chi connectivity index (χ0v) is 14.5. The zero-order valence-electron chi connectivity index (χ0n) is 13.7. The van der Waals surface area contributed by atoms with Gasteiger partial charge in [0.2, 0.25) is 5.91 Å². The van der Waals surface area contributed by atoms with Gasteiger partial charge in [0, 0.05) is 5.56 Å². The van der Waals surface area contributed by atoms with Crippen LogP contribution < -0.4 is 10.1 Å². The highest BCUT2D eigenvalue weighted by atomic mass is 32.2. The average Bonchev–Trinajstić information content (AvgIpc) is 2.95. The minimum Gasteiger partial charge on any atom is -0.507 e. The second-order valence-electron chi connectivity index (χ2n) is 5.43. The van der Waals surface area contributed by atoms with E-state index in [9.17, 15) is 14.7 Å². The van der Waals surface area contributed by atoms with Crippen molar-refractivity contribution >= 4 is 45.8 Å². The Balaban J connectivity index is 1.86. The van der Waals surface area contributed by atoms with Crippen LogP contribution in [-0.2, 0) is 9.59 Å². The van der Waals surface area contributed by atoms with Crippen molar-refractivity contribution in [1.82, 2.24) is 5.32 Å². The molecule has 2 aromatic carbocycles. The summed E-state index contributed by atoms with van der Waals surface area (Å²) in [6.45, 7) is 0. The van der Waals surface area contributed by atoms with Gasteiger partial charge in [0.1, 0.15) is 16.7 Å². The number of aromatic hydroxyl groups is 1. The number of nitrogens with one attached hydrogen (secondary N) is 1. The van der Waals surface area contributed by atoms with E-state index >= 15 is 0 Å². The summed E-state index contributed by atoms with van der Waals surface area (Å²) in [5.41, 5.74) is 0.460. The number of rotatable bonds is 5. The number of hydrogen-bond donors (Lipinski definition) is 3. The van der Waals surface area contributed by atoms with Gasteiger partial charge in [-0.05, 0) is 29.0 Å². The number of phenolic OH excluding ortho intramolecular Hbond substituents is 1. The predicted molar refractivity (Wildman–Crippen MR) is 99.0 cm³/mol. The van der Waals surface area contributed by atoms with Gasteiger partial charge in [-0.3, -0.25) is 9.59 Å². The van der Waals surface area contributed by atoms with Crippen LogP contribution >= 0.6 is 11.8 Å². The first-order valence-corrected chi connectivity index (χ1v) is 8.46. The molecule has 26 heavy (non-hydrogen) atoms. The summed E-state index contributed by atoms with van der Waals surface area (Å²) in [7, 11) is 1.55. The molecule has 1 aliphatic rings.